The lowest BCUT2D eigenvalue weighted by atomic mass is 10.2. The monoisotopic (exact) mass is 357 g/mol. The third-order valence-corrected chi connectivity index (χ3v) is 4.31. The van der Waals surface area contributed by atoms with E-state index >= 15 is 0 Å². The molecule has 0 saturated carbocycles. The zero-order valence-corrected chi connectivity index (χ0v) is 14.7. The van der Waals surface area contributed by atoms with Crippen LogP contribution < -0.4 is 5.32 Å². The van der Waals surface area contributed by atoms with E-state index in [4.69, 9.17) is 0 Å². The Balaban J connectivity index is 1.37. The second-order valence-electron chi connectivity index (χ2n) is 6.21. The highest BCUT2D eigenvalue weighted by atomic mass is 16.1. The van der Waals surface area contributed by atoms with Crippen LogP contribution in [0.5, 0.6) is 0 Å². The molecular formula is C21H19N5O. The molecule has 0 unspecified atom stereocenters. The molecule has 0 aliphatic carbocycles. The number of para-hydroxylation sites is 2. The van der Waals surface area contributed by atoms with E-state index in [1.807, 2.05) is 48.7 Å². The van der Waals surface area contributed by atoms with Gasteiger partial charge in [-0.1, -0.05) is 42.5 Å². The van der Waals surface area contributed by atoms with Crippen LogP contribution in [0.1, 0.15) is 21.9 Å². The van der Waals surface area contributed by atoms with Gasteiger partial charge in [-0.05, 0) is 17.7 Å². The molecule has 0 bridgehead atoms. The zero-order valence-electron chi connectivity index (χ0n) is 14.7. The molecular weight excluding hydrogens is 338 g/mol. The number of nitrogens with zero attached hydrogens (tertiary/aromatic N) is 4. The van der Waals surface area contributed by atoms with E-state index in [-0.39, 0.29) is 5.91 Å². The van der Waals surface area contributed by atoms with Crippen LogP contribution in [0.25, 0.3) is 11.0 Å². The highest BCUT2D eigenvalue weighted by Crippen LogP contribution is 2.09. The molecule has 0 atom stereocenters. The Bertz CT molecular complexity index is 1060. The smallest absolute Gasteiger partial charge is 0.271 e. The lowest BCUT2D eigenvalue weighted by molar-refractivity contribution is 0.0949. The first kappa shape index (κ1) is 16.9. The number of hydrogen-bond donors (Lipinski definition) is 1. The first-order valence-corrected chi connectivity index (χ1v) is 8.83. The molecule has 2 heterocycles. The fourth-order valence-electron chi connectivity index (χ4n) is 2.94. The molecule has 6 nitrogen and oxygen atoms in total. The highest BCUT2D eigenvalue weighted by molar-refractivity contribution is 5.93. The van der Waals surface area contributed by atoms with E-state index in [9.17, 15) is 4.79 Å². The van der Waals surface area contributed by atoms with Crippen LogP contribution in [-0.2, 0) is 13.0 Å². The Morgan fingerprint density at radius 2 is 1.74 bits per heavy atom. The first-order chi connectivity index (χ1) is 13.3. The molecule has 4 rings (SSSR count). The van der Waals surface area contributed by atoms with Crippen LogP contribution in [0, 0.1) is 0 Å². The van der Waals surface area contributed by atoms with Gasteiger partial charge >= 0.3 is 0 Å². The molecule has 0 fully saturated rings. The maximum absolute atomic E-state index is 12.4. The van der Waals surface area contributed by atoms with Crippen molar-refractivity contribution < 1.29 is 4.79 Å². The molecule has 134 valence electrons. The summed E-state index contributed by atoms with van der Waals surface area (Å²) < 4.78 is 2.09. The van der Waals surface area contributed by atoms with Crippen molar-refractivity contribution in [3.8, 4) is 0 Å². The maximum Gasteiger partial charge on any atom is 0.271 e. The normalized spacial score (nSPS) is 10.8. The summed E-state index contributed by atoms with van der Waals surface area (Å²) in [5.41, 5.74) is 3.02. The Labute approximate surface area is 156 Å². The first-order valence-electron chi connectivity index (χ1n) is 8.83. The van der Waals surface area contributed by atoms with Crippen molar-refractivity contribution in [2.24, 2.45) is 0 Å². The number of fused-ring (bicyclic) bond motifs is 1. The predicted molar refractivity (Wildman–Crippen MR) is 103 cm³/mol. The largest absolute Gasteiger partial charge is 0.350 e. The van der Waals surface area contributed by atoms with Crippen molar-refractivity contribution in [3.63, 3.8) is 0 Å². The minimum atomic E-state index is -0.227. The van der Waals surface area contributed by atoms with Crippen molar-refractivity contribution in [2.45, 2.75) is 13.0 Å². The molecule has 27 heavy (non-hydrogen) atoms. The number of nitrogens with one attached hydrogen (secondary N) is 1. The van der Waals surface area contributed by atoms with E-state index in [2.05, 4.69) is 37.0 Å². The number of aromatic nitrogens is 4. The molecule has 0 aliphatic heterocycles. The maximum atomic E-state index is 12.4. The summed E-state index contributed by atoms with van der Waals surface area (Å²) in [5.74, 6) is 0.707. The van der Waals surface area contributed by atoms with Gasteiger partial charge in [0.1, 0.15) is 11.5 Å². The molecule has 0 spiro atoms. The molecule has 0 aliphatic rings. The number of benzene rings is 2. The molecule has 6 heteroatoms. The summed E-state index contributed by atoms with van der Waals surface area (Å²) in [6.45, 7) is 1.25. The standard InChI is InChI=1S/C21H19N5O/c27-21(19-14-24-17-8-4-5-9-18(17)25-19)23-11-10-20-22-12-13-26(20)15-16-6-2-1-3-7-16/h1-9,12-14H,10-11,15H2,(H,23,27). The van der Waals surface area contributed by atoms with E-state index in [0.717, 1.165) is 17.9 Å². The summed E-state index contributed by atoms with van der Waals surface area (Å²) in [7, 11) is 0. The van der Waals surface area contributed by atoms with Gasteiger partial charge in [-0.2, -0.15) is 0 Å². The van der Waals surface area contributed by atoms with Crippen LogP contribution in [0.3, 0.4) is 0 Å². The Hall–Kier alpha value is -3.54. The number of carbonyl (C=O) groups excluding carboxylic acids is 1. The molecule has 4 aromatic rings. The van der Waals surface area contributed by atoms with Gasteiger partial charge in [0.25, 0.3) is 5.91 Å². The Morgan fingerprint density at radius 3 is 2.59 bits per heavy atom. The van der Waals surface area contributed by atoms with Crippen molar-refractivity contribution >= 4 is 16.9 Å². The number of imidazole rings is 1. The van der Waals surface area contributed by atoms with Gasteiger partial charge in [0.2, 0.25) is 0 Å². The van der Waals surface area contributed by atoms with Gasteiger partial charge in [0.05, 0.1) is 17.2 Å². The second-order valence-corrected chi connectivity index (χ2v) is 6.21. The molecule has 0 radical (unpaired) electrons. The van der Waals surface area contributed by atoms with Crippen molar-refractivity contribution in [3.05, 3.63) is 90.3 Å². The molecule has 1 amide bonds. The summed E-state index contributed by atoms with van der Waals surface area (Å²) in [6.07, 6.45) is 5.90. The third kappa shape index (κ3) is 4.00. The molecule has 2 aromatic heterocycles. The van der Waals surface area contributed by atoms with Crippen molar-refractivity contribution in [1.82, 2.24) is 24.8 Å². The fourth-order valence-corrected chi connectivity index (χ4v) is 2.94. The van der Waals surface area contributed by atoms with Gasteiger partial charge in [0.15, 0.2) is 0 Å². The minimum Gasteiger partial charge on any atom is -0.350 e. The average molecular weight is 357 g/mol. The molecule has 2 aromatic carbocycles. The van der Waals surface area contributed by atoms with Crippen LogP contribution in [-0.4, -0.2) is 32.0 Å². The minimum absolute atomic E-state index is 0.227. The van der Waals surface area contributed by atoms with E-state index in [1.165, 1.54) is 11.8 Å². The van der Waals surface area contributed by atoms with Gasteiger partial charge in [0, 0.05) is 31.9 Å². The summed E-state index contributed by atoms with van der Waals surface area (Å²) in [5, 5.41) is 2.90. The Morgan fingerprint density at radius 1 is 0.963 bits per heavy atom. The average Bonchev–Trinajstić information content (AvgIpc) is 3.15. The van der Waals surface area contributed by atoms with Gasteiger partial charge < -0.3 is 9.88 Å². The third-order valence-electron chi connectivity index (χ3n) is 4.31. The zero-order chi connectivity index (χ0) is 18.5. The lowest BCUT2D eigenvalue weighted by Gasteiger charge is -2.09. The van der Waals surface area contributed by atoms with E-state index in [1.54, 1.807) is 6.20 Å². The summed E-state index contributed by atoms with van der Waals surface area (Å²) >= 11 is 0. The highest BCUT2D eigenvalue weighted by Gasteiger charge is 2.10. The number of hydrogen-bond acceptors (Lipinski definition) is 4. The number of amides is 1. The molecule has 0 saturated heterocycles. The van der Waals surface area contributed by atoms with Crippen LogP contribution in [0.2, 0.25) is 0 Å². The fraction of sp³-hybridized carbons (Fsp3) is 0.143. The van der Waals surface area contributed by atoms with E-state index < -0.39 is 0 Å². The van der Waals surface area contributed by atoms with Crippen molar-refractivity contribution in [2.75, 3.05) is 6.54 Å². The van der Waals surface area contributed by atoms with Gasteiger partial charge in [-0.3, -0.25) is 9.78 Å². The van der Waals surface area contributed by atoms with Gasteiger partial charge in [-0.15, -0.1) is 0 Å². The second kappa shape index (κ2) is 7.78. The van der Waals surface area contributed by atoms with E-state index in [0.29, 0.717) is 24.2 Å². The van der Waals surface area contributed by atoms with Crippen LogP contribution >= 0.6 is 0 Å². The lowest BCUT2D eigenvalue weighted by Crippen LogP contribution is -2.27. The van der Waals surface area contributed by atoms with Crippen LogP contribution in [0.4, 0.5) is 0 Å². The topological polar surface area (TPSA) is 72.7 Å². The van der Waals surface area contributed by atoms with Gasteiger partial charge in [-0.25, -0.2) is 9.97 Å². The number of rotatable bonds is 6. The quantitative estimate of drug-likeness (QED) is 0.576. The van der Waals surface area contributed by atoms with Crippen LogP contribution in [0.15, 0.2) is 73.2 Å². The Kier molecular flexibility index (Phi) is 4.87. The summed E-state index contributed by atoms with van der Waals surface area (Å²) in [4.78, 5) is 25.4. The van der Waals surface area contributed by atoms with Crippen molar-refractivity contribution in [1.29, 1.82) is 0 Å². The predicted octanol–water partition coefficient (Wildman–Crippen LogP) is 2.85. The SMILES string of the molecule is O=C(NCCc1nccn1Cc1ccccc1)c1cnc2ccccc2n1. The molecule has 1 N–H and O–H groups in total. The number of carbonyl (C=O) groups is 1. The summed E-state index contributed by atoms with van der Waals surface area (Å²) in [6, 6.07) is 17.7.